The highest BCUT2D eigenvalue weighted by Crippen LogP contribution is 2.09. The number of nitrogens with zero attached hydrogens (tertiary/aromatic N) is 1. The van der Waals surface area contributed by atoms with E-state index in [-0.39, 0.29) is 18.4 Å². The van der Waals surface area contributed by atoms with Crippen LogP contribution in [0.3, 0.4) is 0 Å². The molecule has 0 atom stereocenters. The van der Waals surface area contributed by atoms with E-state index in [9.17, 15) is 14.4 Å². The van der Waals surface area contributed by atoms with Gasteiger partial charge in [-0.1, -0.05) is 13.8 Å². The number of carbonyl (C=O) groups is 3. The quantitative estimate of drug-likeness (QED) is 0.809. The maximum absolute atomic E-state index is 12.2. The zero-order valence-corrected chi connectivity index (χ0v) is 11.5. The molecule has 108 valence electrons. The molecule has 0 saturated heterocycles. The molecule has 1 aromatic rings. The first-order valence-corrected chi connectivity index (χ1v) is 6.22. The van der Waals surface area contributed by atoms with Crippen LogP contribution < -0.4 is 5.73 Å². The lowest BCUT2D eigenvalue weighted by molar-refractivity contribution is -0.137. The number of primary amides is 1. The number of amides is 2. The predicted molar refractivity (Wildman–Crippen MR) is 73.3 cm³/mol. The third-order valence-electron chi connectivity index (χ3n) is 2.62. The molecule has 0 aromatic heterocycles. The summed E-state index contributed by atoms with van der Waals surface area (Å²) >= 11 is 0. The summed E-state index contributed by atoms with van der Waals surface area (Å²) in [6.07, 6.45) is 0. The molecule has 0 radical (unpaired) electrons. The Morgan fingerprint density at radius 1 is 1.15 bits per heavy atom. The first-order valence-electron chi connectivity index (χ1n) is 6.22. The number of aliphatic carboxylic acids is 1. The number of carboxylic acids is 1. The fraction of sp³-hybridized carbons (Fsp3) is 0.357. The summed E-state index contributed by atoms with van der Waals surface area (Å²) in [5.74, 6) is -1.86. The van der Waals surface area contributed by atoms with Crippen molar-refractivity contribution in [2.75, 3.05) is 13.1 Å². The molecule has 0 bridgehead atoms. The highest BCUT2D eigenvalue weighted by atomic mass is 16.4. The minimum Gasteiger partial charge on any atom is -0.480 e. The largest absolute Gasteiger partial charge is 0.480 e. The molecule has 6 heteroatoms. The average molecular weight is 278 g/mol. The van der Waals surface area contributed by atoms with Gasteiger partial charge in [0.25, 0.3) is 5.91 Å². The van der Waals surface area contributed by atoms with E-state index in [4.69, 9.17) is 10.8 Å². The summed E-state index contributed by atoms with van der Waals surface area (Å²) in [4.78, 5) is 35.3. The van der Waals surface area contributed by atoms with Gasteiger partial charge in [0.2, 0.25) is 5.91 Å². The topological polar surface area (TPSA) is 101 Å². The van der Waals surface area contributed by atoms with Gasteiger partial charge in [-0.05, 0) is 30.2 Å². The Balaban J connectivity index is 2.93. The van der Waals surface area contributed by atoms with E-state index in [0.717, 1.165) is 0 Å². The zero-order valence-electron chi connectivity index (χ0n) is 11.5. The molecule has 0 saturated carbocycles. The maximum atomic E-state index is 12.2. The first kappa shape index (κ1) is 15.7. The van der Waals surface area contributed by atoms with E-state index in [1.807, 2.05) is 13.8 Å². The van der Waals surface area contributed by atoms with Gasteiger partial charge >= 0.3 is 5.97 Å². The highest BCUT2D eigenvalue weighted by molar-refractivity contribution is 5.98. The Morgan fingerprint density at radius 2 is 1.65 bits per heavy atom. The molecule has 1 rings (SSSR count). The second-order valence-corrected chi connectivity index (χ2v) is 4.91. The third-order valence-corrected chi connectivity index (χ3v) is 2.62. The summed E-state index contributed by atoms with van der Waals surface area (Å²) < 4.78 is 0. The van der Waals surface area contributed by atoms with Crippen LogP contribution in [0.25, 0.3) is 0 Å². The highest BCUT2D eigenvalue weighted by Gasteiger charge is 2.19. The number of benzene rings is 1. The van der Waals surface area contributed by atoms with Crippen molar-refractivity contribution in [2.45, 2.75) is 13.8 Å². The summed E-state index contributed by atoms with van der Waals surface area (Å²) in [5, 5.41) is 8.85. The molecule has 0 aliphatic rings. The maximum Gasteiger partial charge on any atom is 0.323 e. The van der Waals surface area contributed by atoms with E-state index < -0.39 is 11.9 Å². The summed E-state index contributed by atoms with van der Waals surface area (Å²) in [6.45, 7) is 3.80. The molecule has 2 amide bonds. The van der Waals surface area contributed by atoms with Gasteiger partial charge in [-0.2, -0.15) is 0 Å². The molecular weight excluding hydrogens is 260 g/mol. The molecule has 0 heterocycles. The van der Waals surface area contributed by atoms with Crippen molar-refractivity contribution >= 4 is 17.8 Å². The Labute approximate surface area is 117 Å². The second kappa shape index (κ2) is 6.70. The van der Waals surface area contributed by atoms with E-state index in [1.54, 1.807) is 0 Å². The van der Waals surface area contributed by atoms with Crippen LogP contribution in [0.5, 0.6) is 0 Å². The number of carboxylic acid groups (broad SMARTS) is 1. The third kappa shape index (κ3) is 4.38. The van der Waals surface area contributed by atoms with E-state index >= 15 is 0 Å². The normalized spacial score (nSPS) is 10.3. The number of carbonyl (C=O) groups excluding carboxylic acids is 2. The van der Waals surface area contributed by atoms with Crippen LogP contribution in [0, 0.1) is 5.92 Å². The second-order valence-electron chi connectivity index (χ2n) is 4.91. The van der Waals surface area contributed by atoms with Gasteiger partial charge < -0.3 is 15.7 Å². The zero-order chi connectivity index (χ0) is 15.3. The Morgan fingerprint density at radius 3 is 2.05 bits per heavy atom. The van der Waals surface area contributed by atoms with Crippen molar-refractivity contribution in [2.24, 2.45) is 11.7 Å². The molecule has 0 spiro atoms. The summed E-state index contributed by atoms with van der Waals surface area (Å²) in [7, 11) is 0. The molecule has 20 heavy (non-hydrogen) atoms. The standard InChI is InChI=1S/C14H18N2O4/c1-9(2)7-16(8-12(17)18)14(20)11-5-3-10(4-6-11)13(15)19/h3-6,9H,7-8H2,1-2H3,(H2,15,19)(H,17,18). The molecule has 0 unspecified atom stereocenters. The SMILES string of the molecule is CC(C)CN(CC(=O)O)C(=O)c1ccc(C(N)=O)cc1. The molecule has 0 aliphatic heterocycles. The molecule has 1 aromatic carbocycles. The Bertz CT molecular complexity index is 508. The van der Waals surface area contributed by atoms with Gasteiger partial charge in [-0.25, -0.2) is 0 Å². The lowest BCUT2D eigenvalue weighted by atomic mass is 10.1. The minimum absolute atomic E-state index is 0.156. The van der Waals surface area contributed by atoms with Crippen LogP contribution in [-0.4, -0.2) is 40.9 Å². The van der Waals surface area contributed by atoms with Gasteiger partial charge in [0.15, 0.2) is 0 Å². The molecule has 6 nitrogen and oxygen atoms in total. The first-order chi connectivity index (χ1) is 9.31. The van der Waals surface area contributed by atoms with Crippen LogP contribution in [0.1, 0.15) is 34.6 Å². The van der Waals surface area contributed by atoms with Gasteiger partial charge in [0.05, 0.1) is 0 Å². The number of hydrogen-bond donors (Lipinski definition) is 2. The smallest absolute Gasteiger partial charge is 0.323 e. The van der Waals surface area contributed by atoms with E-state index in [0.29, 0.717) is 17.7 Å². The van der Waals surface area contributed by atoms with Crippen LogP contribution in [0.4, 0.5) is 0 Å². The molecule has 0 aliphatic carbocycles. The fourth-order valence-corrected chi connectivity index (χ4v) is 1.78. The van der Waals surface area contributed by atoms with Gasteiger partial charge in [-0.15, -0.1) is 0 Å². The monoisotopic (exact) mass is 278 g/mol. The van der Waals surface area contributed by atoms with Crippen LogP contribution >= 0.6 is 0 Å². The lowest BCUT2D eigenvalue weighted by Gasteiger charge is -2.22. The number of nitrogens with two attached hydrogens (primary N) is 1. The number of hydrogen-bond acceptors (Lipinski definition) is 3. The summed E-state index contributed by atoms with van der Waals surface area (Å²) in [6, 6.07) is 5.84. The van der Waals surface area contributed by atoms with Gasteiger partial charge in [0, 0.05) is 17.7 Å². The van der Waals surface area contributed by atoms with Crippen LogP contribution in [0.15, 0.2) is 24.3 Å². The van der Waals surface area contributed by atoms with Gasteiger partial charge in [0.1, 0.15) is 6.54 Å². The van der Waals surface area contributed by atoms with Crippen molar-refractivity contribution < 1.29 is 19.5 Å². The molecule has 3 N–H and O–H groups in total. The van der Waals surface area contributed by atoms with Crippen molar-refractivity contribution in [3.8, 4) is 0 Å². The Hall–Kier alpha value is -2.37. The molecule has 0 fully saturated rings. The van der Waals surface area contributed by atoms with Crippen LogP contribution in [0.2, 0.25) is 0 Å². The number of rotatable bonds is 6. The van der Waals surface area contributed by atoms with E-state index in [1.165, 1.54) is 29.2 Å². The fourth-order valence-electron chi connectivity index (χ4n) is 1.78. The lowest BCUT2D eigenvalue weighted by Crippen LogP contribution is -2.38. The van der Waals surface area contributed by atoms with Crippen molar-refractivity contribution in [3.05, 3.63) is 35.4 Å². The minimum atomic E-state index is -1.06. The predicted octanol–water partition coefficient (Wildman–Crippen LogP) is 0.968. The van der Waals surface area contributed by atoms with E-state index in [2.05, 4.69) is 0 Å². The van der Waals surface area contributed by atoms with Crippen LogP contribution in [-0.2, 0) is 4.79 Å². The molecular formula is C14H18N2O4. The van der Waals surface area contributed by atoms with Gasteiger partial charge in [-0.3, -0.25) is 14.4 Å². The average Bonchev–Trinajstić information content (AvgIpc) is 2.36. The van der Waals surface area contributed by atoms with Crippen molar-refractivity contribution in [1.82, 2.24) is 4.90 Å². The van der Waals surface area contributed by atoms with Crippen molar-refractivity contribution in [1.29, 1.82) is 0 Å². The summed E-state index contributed by atoms with van der Waals surface area (Å²) in [5.41, 5.74) is 5.75. The van der Waals surface area contributed by atoms with Crippen molar-refractivity contribution in [3.63, 3.8) is 0 Å². The Kier molecular flexibility index (Phi) is 5.25.